The van der Waals surface area contributed by atoms with Crippen molar-refractivity contribution in [2.45, 2.75) is 24.0 Å². The summed E-state index contributed by atoms with van der Waals surface area (Å²) >= 11 is 11.3. The van der Waals surface area contributed by atoms with Crippen LogP contribution in [0.15, 0.2) is 0 Å². The van der Waals surface area contributed by atoms with E-state index in [4.69, 9.17) is 27.1 Å². The highest BCUT2D eigenvalue weighted by Crippen LogP contribution is 2.24. The fraction of sp³-hybridized carbons (Fsp3) is 1.00. The molecule has 0 amide bonds. The molecular formula is C7H16Cl2O7S2Si. The van der Waals surface area contributed by atoms with Crippen molar-refractivity contribution in [1.29, 1.82) is 0 Å². The first-order valence-electron chi connectivity index (χ1n) is 4.94. The number of hydrogen-bond acceptors (Lipinski definition) is 7. The van der Waals surface area contributed by atoms with Gasteiger partial charge in [0.05, 0.1) is 6.26 Å². The summed E-state index contributed by atoms with van der Waals surface area (Å²) in [5.74, 6) is 0. The molecule has 116 valence electrons. The smallest absolute Gasteiger partial charge is 0.294 e. The van der Waals surface area contributed by atoms with Crippen molar-refractivity contribution in [2.75, 3.05) is 19.5 Å². The van der Waals surface area contributed by atoms with Crippen LogP contribution >= 0.6 is 23.2 Å². The first-order chi connectivity index (χ1) is 8.12. The highest BCUT2D eigenvalue weighted by atomic mass is 35.5. The lowest BCUT2D eigenvalue weighted by atomic mass is 10.5. The van der Waals surface area contributed by atoms with Gasteiger partial charge in [-0.15, -0.1) is 0 Å². The molecule has 0 aliphatic carbocycles. The maximum atomic E-state index is 11.4. The van der Waals surface area contributed by atoms with Crippen molar-refractivity contribution < 1.29 is 29.1 Å². The minimum absolute atomic E-state index is 0.641. The number of hydrogen-bond donors (Lipinski definition) is 0. The van der Waals surface area contributed by atoms with E-state index in [1.807, 2.05) is 0 Å². The monoisotopic (exact) mass is 374 g/mol. The van der Waals surface area contributed by atoms with E-state index in [0.29, 0.717) is 0 Å². The normalized spacial score (nSPS) is 14.6. The summed E-state index contributed by atoms with van der Waals surface area (Å²) in [4.78, 5) is 0. The van der Waals surface area contributed by atoms with E-state index in [0.717, 1.165) is 6.26 Å². The van der Waals surface area contributed by atoms with Crippen LogP contribution in [0.25, 0.3) is 0 Å². The van der Waals surface area contributed by atoms with Crippen LogP contribution < -0.4 is 0 Å². The second kappa shape index (κ2) is 6.56. The maximum Gasteiger partial charge on any atom is 0.390 e. The Hall–Kier alpha value is 0.577. The fourth-order valence-electron chi connectivity index (χ4n) is 0.724. The molecular weight excluding hydrogens is 359 g/mol. The molecule has 0 bridgehead atoms. The summed E-state index contributed by atoms with van der Waals surface area (Å²) in [5.41, 5.74) is 0. The zero-order valence-electron chi connectivity index (χ0n) is 10.8. The van der Waals surface area contributed by atoms with Gasteiger partial charge in [0.2, 0.25) is 8.32 Å². The molecule has 0 spiro atoms. The molecule has 0 aliphatic heterocycles. The first-order valence-corrected chi connectivity index (χ1v) is 12.3. The van der Waals surface area contributed by atoms with Gasteiger partial charge in [-0.3, -0.25) is 8.06 Å². The highest BCUT2D eigenvalue weighted by molar-refractivity contribution is 7.86. The van der Waals surface area contributed by atoms with Gasteiger partial charge in [-0.05, 0) is 19.6 Å². The fourth-order valence-corrected chi connectivity index (χ4v) is 4.60. The Morgan fingerprint density at radius 3 is 1.79 bits per heavy atom. The van der Waals surface area contributed by atoms with Gasteiger partial charge >= 0.3 is 10.4 Å². The molecule has 0 aromatic heterocycles. The van der Waals surface area contributed by atoms with Crippen molar-refractivity contribution in [2.24, 2.45) is 0 Å². The molecule has 0 heterocycles. The average molecular weight is 375 g/mol. The SMILES string of the molecule is C[Si](C)(C)OS(=O)(=O)OCC(Cl)(Cl)COS(C)(=O)=O. The van der Waals surface area contributed by atoms with Crippen LogP contribution in [0.2, 0.25) is 19.6 Å². The van der Waals surface area contributed by atoms with Crippen molar-refractivity contribution in [3.63, 3.8) is 0 Å². The molecule has 19 heavy (non-hydrogen) atoms. The molecule has 7 nitrogen and oxygen atoms in total. The summed E-state index contributed by atoms with van der Waals surface area (Å²) < 4.78 is 56.1. The molecule has 0 N–H and O–H groups in total. The third-order valence-electron chi connectivity index (χ3n) is 1.25. The van der Waals surface area contributed by atoms with Gasteiger partial charge in [-0.25, -0.2) is 4.18 Å². The van der Waals surface area contributed by atoms with Crippen molar-refractivity contribution in [3.05, 3.63) is 0 Å². The molecule has 0 rings (SSSR count). The lowest BCUT2D eigenvalue weighted by Crippen LogP contribution is -2.34. The Labute approximate surface area is 124 Å². The molecule has 0 unspecified atom stereocenters. The first kappa shape index (κ1) is 19.6. The summed E-state index contributed by atoms with van der Waals surface area (Å²) in [7, 11) is -10.3. The molecule has 0 saturated heterocycles. The maximum absolute atomic E-state index is 11.4. The summed E-state index contributed by atoms with van der Waals surface area (Å²) in [6.45, 7) is 3.61. The lowest BCUT2D eigenvalue weighted by molar-refractivity contribution is 0.224. The number of rotatable bonds is 8. The van der Waals surface area contributed by atoms with Crippen molar-refractivity contribution in [1.82, 2.24) is 0 Å². The van der Waals surface area contributed by atoms with Crippen LogP contribution in [-0.4, -0.2) is 49.0 Å². The molecule has 0 saturated carbocycles. The topological polar surface area (TPSA) is 96.0 Å². The highest BCUT2D eigenvalue weighted by Gasteiger charge is 2.32. The van der Waals surface area contributed by atoms with Gasteiger partial charge in [0, 0.05) is 0 Å². The predicted molar refractivity (Wildman–Crippen MR) is 74.5 cm³/mol. The summed E-state index contributed by atoms with van der Waals surface area (Å²) in [5, 5.41) is 0. The van der Waals surface area contributed by atoms with Gasteiger partial charge in [0.25, 0.3) is 10.1 Å². The average Bonchev–Trinajstić information content (AvgIpc) is 2.08. The van der Waals surface area contributed by atoms with Gasteiger partial charge in [0.1, 0.15) is 13.2 Å². The van der Waals surface area contributed by atoms with E-state index in [1.54, 1.807) is 19.6 Å². The van der Waals surface area contributed by atoms with E-state index in [1.165, 1.54) is 0 Å². The second-order valence-corrected chi connectivity index (χ2v) is 13.9. The van der Waals surface area contributed by atoms with Crippen LogP contribution in [0.5, 0.6) is 0 Å². The molecule has 0 aliphatic rings. The van der Waals surface area contributed by atoms with Crippen LogP contribution in [0, 0.1) is 0 Å². The van der Waals surface area contributed by atoms with Crippen molar-refractivity contribution in [3.8, 4) is 0 Å². The Kier molecular flexibility index (Phi) is 6.76. The summed E-state index contributed by atoms with van der Waals surface area (Å²) in [6, 6.07) is 0. The lowest BCUT2D eigenvalue weighted by Gasteiger charge is -2.20. The minimum Gasteiger partial charge on any atom is -0.294 e. The second-order valence-electron chi connectivity index (χ2n) is 4.69. The molecule has 0 aromatic carbocycles. The van der Waals surface area contributed by atoms with Crippen LogP contribution in [0.4, 0.5) is 0 Å². The largest absolute Gasteiger partial charge is 0.390 e. The quantitative estimate of drug-likeness (QED) is 0.358. The summed E-state index contributed by atoms with van der Waals surface area (Å²) in [6.07, 6.45) is 0.808. The van der Waals surface area contributed by atoms with Crippen molar-refractivity contribution >= 4 is 52.0 Å². The third kappa shape index (κ3) is 12.1. The molecule has 0 radical (unpaired) electrons. The minimum atomic E-state index is -4.24. The molecule has 0 aromatic rings. The van der Waals surface area contributed by atoms with Crippen LogP contribution in [0.3, 0.4) is 0 Å². The van der Waals surface area contributed by atoms with E-state index < -0.39 is 46.4 Å². The Morgan fingerprint density at radius 2 is 1.42 bits per heavy atom. The zero-order chi connectivity index (χ0) is 15.5. The zero-order valence-corrected chi connectivity index (χ0v) is 15.0. The van der Waals surface area contributed by atoms with Gasteiger partial charge < -0.3 is 0 Å². The van der Waals surface area contributed by atoms with Gasteiger partial charge in [-0.1, -0.05) is 23.2 Å². The standard InChI is InChI=1S/C7H16Cl2O7S2Si/c1-17(10,11)14-5-7(8,9)6-15-18(12,13)16-19(2,3)4/h5-6H2,1-4H3. The van der Waals surface area contributed by atoms with Gasteiger partial charge in [-0.2, -0.15) is 16.8 Å². The van der Waals surface area contributed by atoms with E-state index in [9.17, 15) is 16.8 Å². The van der Waals surface area contributed by atoms with Crippen LogP contribution in [-0.2, 0) is 32.8 Å². The Bertz CT molecular complexity index is 494. The Morgan fingerprint density at radius 1 is 1.00 bits per heavy atom. The number of halogens is 2. The predicted octanol–water partition coefficient (Wildman–Crippen LogP) is 1.25. The molecule has 12 heteroatoms. The third-order valence-corrected chi connectivity index (χ3v) is 5.46. The number of alkyl halides is 2. The van der Waals surface area contributed by atoms with E-state index in [2.05, 4.69) is 8.37 Å². The Balaban J connectivity index is 4.46. The van der Waals surface area contributed by atoms with Crippen LogP contribution in [0.1, 0.15) is 0 Å². The van der Waals surface area contributed by atoms with Gasteiger partial charge in [0.15, 0.2) is 4.33 Å². The van der Waals surface area contributed by atoms with E-state index in [-0.39, 0.29) is 0 Å². The molecule has 0 fully saturated rings. The van der Waals surface area contributed by atoms with E-state index >= 15 is 0 Å². The molecule has 0 atom stereocenters.